The molecule has 1 aromatic carbocycles. The number of aromatic nitrogens is 2. The van der Waals surface area contributed by atoms with Crippen LogP contribution in [0.5, 0.6) is 0 Å². The number of hydrogen-bond acceptors (Lipinski definition) is 5. The van der Waals surface area contributed by atoms with Gasteiger partial charge in [0.25, 0.3) is 5.91 Å². The lowest BCUT2D eigenvalue weighted by Gasteiger charge is -2.17. The molecule has 0 atom stereocenters. The Morgan fingerprint density at radius 1 is 1.23 bits per heavy atom. The molecule has 3 heterocycles. The van der Waals surface area contributed by atoms with Gasteiger partial charge >= 0.3 is 0 Å². The number of amides is 1. The first kappa shape index (κ1) is 18.7. The molecule has 2 aliphatic heterocycles. The minimum Gasteiger partial charge on any atom is -0.321 e. The van der Waals surface area contributed by atoms with Gasteiger partial charge < -0.3 is 10.6 Å². The molecule has 8 nitrogen and oxygen atoms in total. The van der Waals surface area contributed by atoms with Gasteiger partial charge in [0.1, 0.15) is 0 Å². The molecule has 2 aliphatic rings. The van der Waals surface area contributed by atoms with Crippen molar-refractivity contribution in [2.75, 3.05) is 28.5 Å². The predicted octanol–water partition coefficient (Wildman–Crippen LogP) is 1.27. The second-order valence-corrected chi connectivity index (χ2v) is 8.21. The number of fused-ring (bicyclic) bond motifs is 1. The fourth-order valence-corrected chi connectivity index (χ4v) is 4.81. The van der Waals surface area contributed by atoms with Crippen molar-refractivity contribution >= 4 is 39.7 Å². The molecular weight excluding hydrogens is 378 g/mol. The number of rotatable bonds is 3. The molecule has 2 aromatic rings. The van der Waals surface area contributed by atoms with Crippen LogP contribution in [0.25, 0.3) is 0 Å². The molecule has 0 aliphatic carbocycles. The zero-order valence-corrected chi connectivity index (χ0v) is 15.6. The fraction of sp³-hybridized carbons (Fsp3) is 0.375. The molecule has 140 valence electrons. The Morgan fingerprint density at radius 2 is 2.00 bits per heavy atom. The first-order valence-corrected chi connectivity index (χ1v) is 9.84. The highest BCUT2D eigenvalue weighted by molar-refractivity contribution is 7.93. The van der Waals surface area contributed by atoms with Gasteiger partial charge in [-0.3, -0.25) is 14.2 Å². The third kappa shape index (κ3) is 3.42. The summed E-state index contributed by atoms with van der Waals surface area (Å²) in [5, 5.41) is 13.1. The van der Waals surface area contributed by atoms with E-state index in [1.165, 1.54) is 4.31 Å². The number of benzene rings is 1. The molecule has 1 saturated heterocycles. The molecule has 0 saturated carbocycles. The Hall–Kier alpha value is -2.10. The van der Waals surface area contributed by atoms with Gasteiger partial charge in [0.2, 0.25) is 10.0 Å². The third-order valence-electron chi connectivity index (χ3n) is 4.53. The predicted molar refractivity (Wildman–Crippen MR) is 101 cm³/mol. The normalized spacial score (nSPS) is 18.1. The average molecular weight is 398 g/mol. The minimum atomic E-state index is -3.20. The van der Waals surface area contributed by atoms with Crippen LogP contribution in [0.4, 0.5) is 11.4 Å². The summed E-state index contributed by atoms with van der Waals surface area (Å²) in [6.45, 7) is 2.00. The summed E-state index contributed by atoms with van der Waals surface area (Å²) in [4.78, 5) is 12.5. The Morgan fingerprint density at radius 3 is 2.69 bits per heavy atom. The van der Waals surface area contributed by atoms with Crippen LogP contribution in [0.2, 0.25) is 0 Å². The van der Waals surface area contributed by atoms with Crippen LogP contribution in [0.15, 0.2) is 24.3 Å². The van der Waals surface area contributed by atoms with Crippen molar-refractivity contribution in [3.8, 4) is 0 Å². The van der Waals surface area contributed by atoms with E-state index in [1.54, 1.807) is 24.3 Å². The van der Waals surface area contributed by atoms with E-state index in [2.05, 4.69) is 20.8 Å². The molecule has 1 aromatic heterocycles. The molecule has 0 bridgehead atoms. The standard InChI is InChI=1S/C16H19N5O3S.ClH/c22-16(15-13-10-17-7-6-14(13)19-20-15)18-11-2-4-12(5-3-11)21-8-1-9-25(21,23)24;/h2-5,17H,1,6-10H2,(H,18,22)(H,19,20);1H. The van der Waals surface area contributed by atoms with Gasteiger partial charge in [-0.25, -0.2) is 8.42 Å². The summed E-state index contributed by atoms with van der Waals surface area (Å²) < 4.78 is 25.3. The molecular formula is C16H20ClN5O3S. The summed E-state index contributed by atoms with van der Waals surface area (Å²) in [5.74, 6) is -0.0909. The maximum atomic E-state index is 12.5. The molecule has 3 N–H and O–H groups in total. The van der Waals surface area contributed by atoms with Crippen LogP contribution in [0.3, 0.4) is 0 Å². The number of anilines is 2. The molecule has 4 rings (SSSR count). The van der Waals surface area contributed by atoms with E-state index < -0.39 is 10.0 Å². The first-order chi connectivity index (χ1) is 12.0. The van der Waals surface area contributed by atoms with Crippen LogP contribution in [0, 0.1) is 0 Å². The second-order valence-electron chi connectivity index (χ2n) is 6.20. The number of halogens is 1. The van der Waals surface area contributed by atoms with E-state index in [1.807, 2.05) is 0 Å². The van der Waals surface area contributed by atoms with Crippen molar-refractivity contribution < 1.29 is 13.2 Å². The van der Waals surface area contributed by atoms with Crippen LogP contribution in [-0.4, -0.2) is 43.4 Å². The van der Waals surface area contributed by atoms with Crippen molar-refractivity contribution in [3.05, 3.63) is 41.2 Å². The highest BCUT2D eigenvalue weighted by atomic mass is 35.5. The lowest BCUT2D eigenvalue weighted by Crippen LogP contribution is -2.25. The monoisotopic (exact) mass is 397 g/mol. The summed E-state index contributed by atoms with van der Waals surface area (Å²) in [7, 11) is -3.20. The summed E-state index contributed by atoms with van der Waals surface area (Å²) in [5.41, 5.74) is 3.53. The Bertz CT molecular complexity index is 910. The van der Waals surface area contributed by atoms with Crippen molar-refractivity contribution in [2.24, 2.45) is 0 Å². The van der Waals surface area contributed by atoms with E-state index in [4.69, 9.17) is 0 Å². The van der Waals surface area contributed by atoms with Gasteiger partial charge in [0, 0.05) is 43.0 Å². The van der Waals surface area contributed by atoms with Crippen molar-refractivity contribution in [1.82, 2.24) is 15.5 Å². The quantitative estimate of drug-likeness (QED) is 0.723. The minimum absolute atomic E-state index is 0. The zero-order valence-electron chi connectivity index (χ0n) is 14.0. The number of carbonyl (C=O) groups is 1. The molecule has 26 heavy (non-hydrogen) atoms. The van der Waals surface area contributed by atoms with Crippen molar-refractivity contribution in [2.45, 2.75) is 19.4 Å². The summed E-state index contributed by atoms with van der Waals surface area (Å²) in [6.07, 6.45) is 1.47. The van der Waals surface area contributed by atoms with Crippen molar-refractivity contribution in [1.29, 1.82) is 0 Å². The van der Waals surface area contributed by atoms with Gasteiger partial charge in [0.05, 0.1) is 11.4 Å². The van der Waals surface area contributed by atoms with Gasteiger partial charge in [-0.1, -0.05) is 0 Å². The molecule has 0 spiro atoms. The largest absolute Gasteiger partial charge is 0.321 e. The first-order valence-electron chi connectivity index (χ1n) is 8.23. The smallest absolute Gasteiger partial charge is 0.276 e. The summed E-state index contributed by atoms with van der Waals surface area (Å²) in [6, 6.07) is 6.83. The van der Waals surface area contributed by atoms with E-state index >= 15 is 0 Å². The van der Waals surface area contributed by atoms with Gasteiger partial charge in [-0.05, 0) is 30.7 Å². The highest BCUT2D eigenvalue weighted by Crippen LogP contribution is 2.25. The number of carbonyl (C=O) groups excluding carboxylic acids is 1. The number of nitrogens with one attached hydrogen (secondary N) is 3. The van der Waals surface area contributed by atoms with E-state index in [-0.39, 0.29) is 24.1 Å². The second kappa shape index (κ2) is 7.26. The van der Waals surface area contributed by atoms with E-state index in [0.717, 1.165) is 24.2 Å². The molecule has 0 radical (unpaired) electrons. The Balaban J connectivity index is 0.00000196. The number of H-pyrrole nitrogens is 1. The van der Waals surface area contributed by atoms with Gasteiger partial charge in [-0.15, -0.1) is 12.4 Å². The van der Waals surface area contributed by atoms with Crippen LogP contribution in [0.1, 0.15) is 28.2 Å². The van der Waals surface area contributed by atoms with Gasteiger partial charge in [-0.2, -0.15) is 5.10 Å². The number of hydrogen-bond donors (Lipinski definition) is 3. The summed E-state index contributed by atoms with van der Waals surface area (Å²) >= 11 is 0. The Labute approximate surface area is 157 Å². The third-order valence-corrected chi connectivity index (χ3v) is 6.40. The molecule has 1 amide bonds. The lowest BCUT2D eigenvalue weighted by molar-refractivity contribution is 0.102. The molecule has 10 heteroatoms. The average Bonchev–Trinajstić information content (AvgIpc) is 3.18. The molecule has 1 fully saturated rings. The van der Waals surface area contributed by atoms with Crippen molar-refractivity contribution in [3.63, 3.8) is 0 Å². The molecule has 0 unspecified atom stereocenters. The Kier molecular flexibility index (Phi) is 5.22. The number of aromatic amines is 1. The van der Waals surface area contributed by atoms with Crippen LogP contribution in [-0.2, 0) is 23.0 Å². The lowest BCUT2D eigenvalue weighted by atomic mass is 10.1. The maximum Gasteiger partial charge on any atom is 0.276 e. The SMILES string of the molecule is Cl.O=C(Nc1ccc(N2CCCS2(=O)=O)cc1)c1n[nH]c2c1CNCC2. The van der Waals surface area contributed by atoms with Gasteiger partial charge in [0.15, 0.2) is 5.69 Å². The number of sulfonamides is 1. The van der Waals surface area contributed by atoms with E-state index in [9.17, 15) is 13.2 Å². The van der Waals surface area contributed by atoms with E-state index in [0.29, 0.717) is 36.6 Å². The fourth-order valence-electron chi connectivity index (χ4n) is 3.24. The zero-order chi connectivity index (χ0) is 17.4. The highest BCUT2D eigenvalue weighted by Gasteiger charge is 2.28. The maximum absolute atomic E-state index is 12.5. The topological polar surface area (TPSA) is 107 Å². The van der Waals surface area contributed by atoms with Crippen LogP contribution < -0.4 is 14.9 Å². The van der Waals surface area contributed by atoms with Crippen LogP contribution >= 0.6 is 12.4 Å². The number of nitrogens with zero attached hydrogens (tertiary/aromatic N) is 2.